The molecular formula is C14H18F3NO3. The van der Waals surface area contributed by atoms with Crippen LogP contribution in [0.5, 0.6) is 5.75 Å². The summed E-state index contributed by atoms with van der Waals surface area (Å²) in [7, 11) is 0. The van der Waals surface area contributed by atoms with Gasteiger partial charge in [-0.05, 0) is 19.9 Å². The molecule has 1 aromatic carbocycles. The van der Waals surface area contributed by atoms with E-state index in [1.165, 1.54) is 12.1 Å². The number of nitrogens with one attached hydrogen (secondary N) is 1. The lowest BCUT2D eigenvalue weighted by atomic mass is 10.2. The molecule has 1 N–H and O–H groups in total. The molecular weight excluding hydrogens is 287 g/mol. The Labute approximate surface area is 121 Å². The van der Waals surface area contributed by atoms with E-state index < -0.39 is 12.1 Å². The van der Waals surface area contributed by atoms with Crippen molar-refractivity contribution >= 4 is 0 Å². The van der Waals surface area contributed by atoms with E-state index in [-0.39, 0.29) is 18.4 Å². The molecule has 1 heterocycles. The molecule has 1 saturated heterocycles. The van der Waals surface area contributed by atoms with Gasteiger partial charge < -0.3 is 19.5 Å². The summed E-state index contributed by atoms with van der Waals surface area (Å²) in [6, 6.07) is 6.05. The zero-order valence-electron chi connectivity index (χ0n) is 11.9. The van der Waals surface area contributed by atoms with Crippen LogP contribution in [-0.4, -0.2) is 31.4 Å². The molecule has 0 amide bonds. The summed E-state index contributed by atoms with van der Waals surface area (Å²) < 4.78 is 51.9. The molecule has 0 spiro atoms. The predicted octanol–water partition coefficient (Wildman–Crippen LogP) is 2.83. The first-order valence-electron chi connectivity index (χ1n) is 6.61. The molecule has 1 unspecified atom stereocenters. The smallest absolute Gasteiger partial charge is 0.405 e. The van der Waals surface area contributed by atoms with Crippen LogP contribution in [0.2, 0.25) is 0 Å². The lowest BCUT2D eigenvalue weighted by Gasteiger charge is -2.18. The Morgan fingerprint density at radius 1 is 1.33 bits per heavy atom. The fourth-order valence-electron chi connectivity index (χ4n) is 2.11. The van der Waals surface area contributed by atoms with E-state index >= 15 is 0 Å². The van der Waals surface area contributed by atoms with Gasteiger partial charge in [0.05, 0.1) is 12.7 Å². The third-order valence-corrected chi connectivity index (χ3v) is 2.95. The quantitative estimate of drug-likeness (QED) is 0.908. The second-order valence-electron chi connectivity index (χ2n) is 5.24. The molecule has 21 heavy (non-hydrogen) atoms. The maximum absolute atomic E-state index is 12.3. The number of rotatable bonds is 5. The third-order valence-electron chi connectivity index (χ3n) is 2.95. The zero-order chi connectivity index (χ0) is 15.5. The Bertz CT molecular complexity index is 477. The fraction of sp³-hybridized carbons (Fsp3) is 0.571. The number of alkyl halides is 3. The number of hydrogen-bond donors (Lipinski definition) is 1. The third kappa shape index (κ3) is 5.18. The summed E-state index contributed by atoms with van der Waals surface area (Å²) in [5.41, 5.74) is 0.438. The van der Waals surface area contributed by atoms with Crippen LogP contribution in [0.3, 0.4) is 0 Å². The highest BCUT2D eigenvalue weighted by Crippen LogP contribution is 2.26. The molecule has 0 saturated carbocycles. The van der Waals surface area contributed by atoms with Crippen molar-refractivity contribution in [3.63, 3.8) is 0 Å². The molecule has 2 rings (SSSR count). The molecule has 7 heteroatoms. The van der Waals surface area contributed by atoms with E-state index in [0.29, 0.717) is 18.7 Å². The van der Waals surface area contributed by atoms with Crippen LogP contribution >= 0.6 is 0 Å². The van der Waals surface area contributed by atoms with Gasteiger partial charge in [-0.25, -0.2) is 0 Å². The monoisotopic (exact) mass is 305 g/mol. The minimum absolute atomic E-state index is 0.115. The molecule has 0 aromatic heterocycles. The van der Waals surface area contributed by atoms with Gasteiger partial charge in [0, 0.05) is 18.7 Å². The van der Waals surface area contributed by atoms with Gasteiger partial charge in [0.25, 0.3) is 0 Å². The van der Waals surface area contributed by atoms with Crippen molar-refractivity contribution in [2.24, 2.45) is 0 Å². The molecule has 1 fully saturated rings. The Kier molecular flexibility index (Phi) is 4.75. The largest absolute Gasteiger partial charge is 0.573 e. The van der Waals surface area contributed by atoms with Gasteiger partial charge in [0.15, 0.2) is 5.79 Å². The summed E-state index contributed by atoms with van der Waals surface area (Å²) >= 11 is 0. The number of ether oxygens (including phenoxy) is 3. The zero-order valence-corrected chi connectivity index (χ0v) is 11.9. The first-order chi connectivity index (χ1) is 9.75. The van der Waals surface area contributed by atoms with Crippen molar-refractivity contribution in [1.82, 2.24) is 5.32 Å². The van der Waals surface area contributed by atoms with E-state index in [4.69, 9.17) is 9.47 Å². The lowest BCUT2D eigenvalue weighted by molar-refractivity contribution is -0.274. The summed E-state index contributed by atoms with van der Waals surface area (Å²) in [4.78, 5) is 0. The second kappa shape index (κ2) is 6.21. The molecule has 4 nitrogen and oxygen atoms in total. The topological polar surface area (TPSA) is 39.7 Å². The van der Waals surface area contributed by atoms with Crippen molar-refractivity contribution in [3.8, 4) is 5.75 Å². The van der Waals surface area contributed by atoms with Gasteiger partial charge in [0.2, 0.25) is 0 Å². The van der Waals surface area contributed by atoms with Crippen molar-refractivity contribution < 1.29 is 27.4 Å². The first-order valence-corrected chi connectivity index (χ1v) is 6.61. The Hall–Kier alpha value is -1.31. The Morgan fingerprint density at radius 3 is 2.67 bits per heavy atom. The molecule has 1 aromatic rings. The summed E-state index contributed by atoms with van der Waals surface area (Å²) in [6.45, 7) is 4.84. The standard InChI is InChI=1S/C14H18F3NO3/c1-13(2)19-9-11(20-13)8-18-7-10-5-3-4-6-12(10)21-14(15,16)17/h3-6,11,18H,7-9H2,1-2H3. The minimum Gasteiger partial charge on any atom is -0.405 e. The van der Waals surface area contributed by atoms with Gasteiger partial charge in [-0.3, -0.25) is 0 Å². The predicted molar refractivity (Wildman–Crippen MR) is 69.7 cm³/mol. The molecule has 1 aliphatic rings. The Balaban J connectivity index is 1.86. The van der Waals surface area contributed by atoms with E-state index in [9.17, 15) is 13.2 Å². The van der Waals surface area contributed by atoms with Crippen LogP contribution < -0.4 is 10.1 Å². The molecule has 118 valence electrons. The Morgan fingerprint density at radius 2 is 2.05 bits per heavy atom. The van der Waals surface area contributed by atoms with Gasteiger partial charge in [-0.2, -0.15) is 0 Å². The fourth-order valence-corrected chi connectivity index (χ4v) is 2.11. The van der Waals surface area contributed by atoms with Crippen molar-refractivity contribution in [2.75, 3.05) is 13.2 Å². The maximum atomic E-state index is 12.3. The lowest BCUT2D eigenvalue weighted by Crippen LogP contribution is -2.30. The first kappa shape index (κ1) is 16.1. The summed E-state index contributed by atoms with van der Waals surface area (Å²) in [5, 5.41) is 3.06. The van der Waals surface area contributed by atoms with E-state index in [2.05, 4.69) is 10.1 Å². The summed E-state index contributed by atoms with van der Waals surface area (Å²) in [6.07, 6.45) is -4.81. The van der Waals surface area contributed by atoms with Gasteiger partial charge >= 0.3 is 6.36 Å². The number of para-hydroxylation sites is 1. The second-order valence-corrected chi connectivity index (χ2v) is 5.24. The van der Waals surface area contributed by atoms with Crippen LogP contribution in [-0.2, 0) is 16.0 Å². The maximum Gasteiger partial charge on any atom is 0.573 e. The highest BCUT2D eigenvalue weighted by atomic mass is 19.4. The number of halogens is 3. The number of benzene rings is 1. The normalized spacial score (nSPS) is 21.5. The van der Waals surface area contributed by atoms with E-state index in [1.54, 1.807) is 12.1 Å². The molecule has 0 aliphatic carbocycles. The van der Waals surface area contributed by atoms with Gasteiger partial charge in [-0.1, -0.05) is 18.2 Å². The highest BCUT2D eigenvalue weighted by Gasteiger charge is 2.33. The number of hydrogen-bond acceptors (Lipinski definition) is 4. The molecule has 0 bridgehead atoms. The van der Waals surface area contributed by atoms with E-state index in [1.807, 2.05) is 13.8 Å². The summed E-state index contributed by atoms with van der Waals surface area (Å²) in [5.74, 6) is -0.801. The van der Waals surface area contributed by atoms with Gasteiger partial charge in [-0.15, -0.1) is 13.2 Å². The molecule has 1 aliphatic heterocycles. The van der Waals surface area contributed by atoms with E-state index in [0.717, 1.165) is 0 Å². The highest BCUT2D eigenvalue weighted by molar-refractivity contribution is 5.33. The van der Waals surface area contributed by atoms with Crippen molar-refractivity contribution in [3.05, 3.63) is 29.8 Å². The SMILES string of the molecule is CC1(C)OCC(CNCc2ccccc2OC(F)(F)F)O1. The van der Waals surface area contributed by atoms with Crippen LogP contribution in [0, 0.1) is 0 Å². The van der Waals surface area contributed by atoms with Crippen LogP contribution in [0.4, 0.5) is 13.2 Å². The average Bonchev–Trinajstić information content (AvgIpc) is 2.69. The van der Waals surface area contributed by atoms with Crippen LogP contribution in [0.15, 0.2) is 24.3 Å². The average molecular weight is 305 g/mol. The van der Waals surface area contributed by atoms with Gasteiger partial charge in [0.1, 0.15) is 5.75 Å². The van der Waals surface area contributed by atoms with Crippen molar-refractivity contribution in [2.45, 2.75) is 38.6 Å². The van der Waals surface area contributed by atoms with Crippen LogP contribution in [0.25, 0.3) is 0 Å². The molecule has 1 atom stereocenters. The minimum atomic E-state index is -4.69. The van der Waals surface area contributed by atoms with Crippen LogP contribution in [0.1, 0.15) is 19.4 Å². The molecule has 0 radical (unpaired) electrons. The van der Waals surface area contributed by atoms with Crippen molar-refractivity contribution in [1.29, 1.82) is 0 Å².